The number of nitrogens with one attached hydrogen (secondary N) is 1. The van der Waals surface area contributed by atoms with Crippen LogP contribution in [0.25, 0.3) is 34.3 Å². The zero-order chi connectivity index (χ0) is 48.2. The molecule has 19 unspecified atom stereocenters. The van der Waals surface area contributed by atoms with Gasteiger partial charge >= 0.3 is 0 Å². The van der Waals surface area contributed by atoms with Gasteiger partial charge < -0.3 is 15.5 Å². The number of aromatic nitrogens is 4. The van der Waals surface area contributed by atoms with Crippen LogP contribution in [-0.2, 0) is 16.4 Å². The van der Waals surface area contributed by atoms with Crippen molar-refractivity contribution in [2.75, 3.05) is 12.4 Å². The predicted molar refractivity (Wildman–Crippen MR) is 367 cm³/mol. The Kier molecular flexibility index (Phi) is 34.5. The van der Waals surface area contributed by atoms with Crippen molar-refractivity contribution in [3.63, 3.8) is 0 Å². The minimum atomic E-state index is -3.39. The third kappa shape index (κ3) is 20.0. The average Bonchev–Trinajstić information content (AvgIpc) is 3.74. The van der Waals surface area contributed by atoms with Gasteiger partial charge in [0.15, 0.2) is 21.3 Å². The molecule has 4 rings (SSSR count). The minimum absolute atomic E-state index is 0.0165. The minimum Gasteiger partial charge on any atom is -0.414 e. The van der Waals surface area contributed by atoms with Gasteiger partial charge in [0.2, 0.25) is 5.89 Å². The first-order chi connectivity index (χ1) is 30.0. The van der Waals surface area contributed by atoms with E-state index in [2.05, 4.69) is 150 Å². The van der Waals surface area contributed by atoms with Crippen LogP contribution in [0.1, 0.15) is 32.8 Å². The van der Waals surface area contributed by atoms with Gasteiger partial charge in [-0.05, 0) is 134 Å². The number of nitrogen functional groups attached to an aromatic ring is 1. The highest BCUT2D eigenvalue weighted by molar-refractivity contribution is 9.42. The van der Waals surface area contributed by atoms with Crippen LogP contribution in [0.3, 0.4) is 0 Å². The first-order valence-corrected chi connectivity index (χ1v) is 68.1. The summed E-state index contributed by atoms with van der Waals surface area (Å²) in [5.41, 5.74) is 9.14. The normalized spacial score (nSPS) is 14.7. The molecule has 64 heavy (non-hydrogen) atoms. The van der Waals surface area contributed by atoms with Crippen LogP contribution < -0.4 is 11.1 Å². The number of benzene rings is 2. The summed E-state index contributed by atoms with van der Waals surface area (Å²) in [5, 5.41) is 10.8. The fourth-order valence-electron chi connectivity index (χ4n) is 4.93. The molecule has 0 spiro atoms. The lowest BCUT2D eigenvalue weighted by molar-refractivity contribution is 0.391. The Morgan fingerprint density at radius 3 is 1.64 bits per heavy atom. The summed E-state index contributed by atoms with van der Waals surface area (Å²) in [4.78, 5) is 9.03. The van der Waals surface area contributed by atoms with E-state index in [4.69, 9.17) is 10.2 Å². The van der Waals surface area contributed by atoms with Gasteiger partial charge in [0, 0.05) is 23.7 Å². The molecule has 2 aromatic carbocycles. The summed E-state index contributed by atoms with van der Waals surface area (Å²) >= 11 is 0. The van der Waals surface area contributed by atoms with Crippen molar-refractivity contribution in [2.45, 2.75) is 49.9 Å². The Bertz CT molecular complexity index is 2090. The maximum atomic E-state index is 12.6. The lowest BCUT2D eigenvalue weighted by Crippen LogP contribution is -2.27. The van der Waals surface area contributed by atoms with Crippen LogP contribution in [0, 0.1) is 0 Å². The third-order valence-corrected chi connectivity index (χ3v) is 187. The van der Waals surface area contributed by atoms with Gasteiger partial charge in [0.25, 0.3) is 5.89 Å². The van der Waals surface area contributed by atoms with Crippen LogP contribution in [0.4, 0.5) is 10.2 Å². The van der Waals surface area contributed by atoms with E-state index in [0.29, 0.717) is 29.8 Å². The largest absolute Gasteiger partial charge is 0.414 e. The van der Waals surface area contributed by atoms with Crippen LogP contribution in [-0.4, -0.2) is 46.5 Å². The first-order valence-electron chi connectivity index (χ1n) is 18.0. The number of nitrogens with two attached hydrogens (primary N) is 1. The quantitative estimate of drug-likeness (QED) is 0.0737. The van der Waals surface area contributed by atoms with E-state index in [0.717, 1.165) is 13.5 Å². The second-order valence-electron chi connectivity index (χ2n) is 12.9. The fraction of sp³-hybridized carbons (Fsp3) is 0.308. The molecule has 0 aliphatic carbocycles. The average molecular weight is 1390 g/mol. The van der Waals surface area contributed by atoms with Crippen molar-refractivity contribution in [1.82, 2.24) is 25.5 Å². The molecule has 0 aliphatic rings. The van der Waals surface area contributed by atoms with Crippen LogP contribution in [0.5, 0.6) is 0 Å². The van der Waals surface area contributed by atoms with Gasteiger partial charge in [0.1, 0.15) is 6.67 Å². The summed E-state index contributed by atoms with van der Waals surface area (Å²) in [5.74, 6) is 0.525. The zero-order valence-corrected chi connectivity index (χ0v) is 63.5. The van der Waals surface area contributed by atoms with Crippen molar-refractivity contribution < 1.29 is 17.2 Å². The van der Waals surface area contributed by atoms with Gasteiger partial charge in [-0.25, -0.2) is 22.8 Å². The summed E-state index contributed by atoms with van der Waals surface area (Å²) in [6, 6.07) is 13.8. The monoisotopic (exact) mass is 1390 g/mol. The van der Waals surface area contributed by atoms with E-state index in [1.54, 1.807) is 38.1 Å². The van der Waals surface area contributed by atoms with Crippen LogP contribution in [0.15, 0.2) is 64.0 Å². The SMILES string of the molecule is CCC(C)S(=O)(=O)c1ccc(-c2cnc(N)c(-c3nnc(-c4ccc(CNC(C)CF)cc4)o3)n2)cc1.PPP(P)P(P(P(P)P)P(P)P)P(P(P(P)P)P(P)P)P(P(P)P)P(P)P. The number of nitrogens with zero attached hydrogens (tertiary/aromatic N) is 4. The van der Waals surface area contributed by atoms with E-state index in [1.807, 2.05) is 31.2 Å². The Morgan fingerprint density at radius 2 is 1.19 bits per heavy atom. The molecule has 0 aliphatic heterocycles. The van der Waals surface area contributed by atoms with Gasteiger partial charge in [-0.1, -0.05) is 39.1 Å². The smallest absolute Gasteiger partial charge is 0.270 e. The van der Waals surface area contributed by atoms with Crippen LogP contribution in [0.2, 0.25) is 0 Å². The van der Waals surface area contributed by atoms with E-state index in [-0.39, 0.29) is 118 Å². The highest BCUT2D eigenvalue weighted by Gasteiger charge is 2.48. The Morgan fingerprint density at radius 1 is 0.719 bits per heavy atom. The maximum Gasteiger partial charge on any atom is 0.270 e. The molecule has 0 amide bonds. The summed E-state index contributed by atoms with van der Waals surface area (Å²) in [6.45, 7) is 5.80. The first kappa shape index (κ1) is 66.2. The van der Waals surface area contributed by atoms with Crippen LogP contribution >= 0.6 is 217 Å². The zero-order valence-electron chi connectivity index (χ0n) is 34.8. The lowest BCUT2D eigenvalue weighted by Gasteiger charge is -2.50. The van der Waals surface area contributed by atoms with E-state index < -0.39 is 21.8 Å². The number of halogens is 1. The second kappa shape index (κ2) is 33.4. The highest BCUT2D eigenvalue weighted by atomic mass is 33.5. The molecule has 0 fully saturated rings. The van der Waals surface area contributed by atoms with Gasteiger partial charge in [-0.3, -0.25) is 0 Å². The molecule has 4 aromatic rings. The summed E-state index contributed by atoms with van der Waals surface area (Å²) < 4.78 is 43.7. The standard InChI is InChI=1S/C26H29FN6O3S.H29P27/c1-4-17(3)37(34,35)21-11-9-19(10-12-21)22-15-30-24(28)23(31-22)26-33-32-25(36-26)20-7-5-18(6-8-20)14-29-16(2)13-27;1-15-22(14)26(23(16(2)3)17(4)5)27(24(18(6)7)19(8)9)25(20(10)11)21(12)13/h5-12,15-17,29H,4,13-14H2,1-3H3,(H2,28,30);15H,1-14H2. The maximum absolute atomic E-state index is 12.6. The topological polar surface area (TPSA) is 137 Å². The molecule has 3 N–H and O–H groups in total. The molecule has 9 nitrogen and oxygen atoms in total. The highest BCUT2D eigenvalue weighted by Crippen LogP contribution is 3.36. The van der Waals surface area contributed by atoms with Gasteiger partial charge in [0.05, 0.1) is 22.0 Å². The molecule has 2 aromatic heterocycles. The van der Waals surface area contributed by atoms with E-state index >= 15 is 0 Å². The number of rotatable bonds is 22. The van der Waals surface area contributed by atoms with Crippen molar-refractivity contribution in [3.05, 3.63) is 60.3 Å². The molecule has 358 valence electrons. The Hall–Kier alpha value is 7.91. The molecule has 19 atom stereocenters. The molecule has 38 heteroatoms. The van der Waals surface area contributed by atoms with Crippen molar-refractivity contribution in [1.29, 1.82) is 0 Å². The Labute approximate surface area is 428 Å². The predicted octanol–water partition coefficient (Wildman–Crippen LogP) is 20.0. The number of sulfone groups is 1. The molecule has 2 heterocycles. The Balaban J connectivity index is 0.000000360. The van der Waals surface area contributed by atoms with Gasteiger partial charge in [-0.15, -0.1) is 135 Å². The second-order valence-corrected chi connectivity index (χ2v) is 122. The molecule has 0 saturated carbocycles. The van der Waals surface area contributed by atoms with E-state index in [1.165, 1.54) is 6.20 Å². The number of hydrogen-bond acceptors (Lipinski definition) is 9. The summed E-state index contributed by atoms with van der Waals surface area (Å²) in [7, 11) is 43.2. The van der Waals surface area contributed by atoms with E-state index in [9.17, 15) is 12.8 Å². The summed E-state index contributed by atoms with van der Waals surface area (Å²) in [6.07, 6.45) is 2.04. The number of anilines is 1. The molecule has 0 radical (unpaired) electrons. The molecule has 0 saturated heterocycles. The van der Waals surface area contributed by atoms with Crippen molar-refractivity contribution in [2.24, 2.45) is 0 Å². The number of hydrogen-bond donors (Lipinski definition) is 2. The van der Waals surface area contributed by atoms with Crippen molar-refractivity contribution >= 4 is 232 Å². The van der Waals surface area contributed by atoms with Gasteiger partial charge in [-0.2, -0.15) is 0 Å². The molecule has 0 bridgehead atoms. The fourth-order valence-corrected chi connectivity index (χ4v) is 351. The third-order valence-electron chi connectivity index (χ3n) is 8.30. The number of alkyl halides is 1. The molecular weight excluding hydrogens is 1330 g/mol. The van der Waals surface area contributed by atoms with Crippen molar-refractivity contribution in [3.8, 4) is 34.3 Å². The molecular formula is C26H58FN6O3P27S. The lowest BCUT2D eigenvalue weighted by atomic mass is 10.1.